The molecular formula is C18H22BrNO. The van der Waals surface area contributed by atoms with Crippen molar-refractivity contribution in [1.82, 2.24) is 5.32 Å². The van der Waals surface area contributed by atoms with E-state index < -0.39 is 0 Å². The summed E-state index contributed by atoms with van der Waals surface area (Å²) in [5, 5.41) is 3.43. The predicted octanol–water partition coefficient (Wildman–Crippen LogP) is 4.83. The molecule has 112 valence electrons. The molecule has 0 saturated carbocycles. The standard InChI is InChI=1S/C18H22BrNO/c1-13(2)20-11-15-5-4-6-16(10-15)12-21-18-8-7-14(3)9-17(18)19/h4-10,13,20H,11-12H2,1-3H3. The number of ether oxygens (including phenoxy) is 1. The normalized spacial score (nSPS) is 10.9. The number of aryl methyl sites for hydroxylation is 1. The van der Waals surface area contributed by atoms with Crippen molar-refractivity contribution < 1.29 is 4.74 Å². The smallest absolute Gasteiger partial charge is 0.134 e. The van der Waals surface area contributed by atoms with Crippen LogP contribution in [0.4, 0.5) is 0 Å². The van der Waals surface area contributed by atoms with E-state index in [0.29, 0.717) is 12.6 Å². The van der Waals surface area contributed by atoms with Crippen molar-refractivity contribution >= 4 is 15.9 Å². The van der Waals surface area contributed by atoms with E-state index in [4.69, 9.17) is 4.74 Å². The van der Waals surface area contributed by atoms with E-state index >= 15 is 0 Å². The highest BCUT2D eigenvalue weighted by molar-refractivity contribution is 9.10. The predicted molar refractivity (Wildman–Crippen MR) is 91.6 cm³/mol. The third kappa shape index (κ3) is 5.18. The molecule has 0 aliphatic carbocycles. The summed E-state index contributed by atoms with van der Waals surface area (Å²) in [7, 11) is 0. The number of halogens is 1. The van der Waals surface area contributed by atoms with E-state index in [-0.39, 0.29) is 0 Å². The van der Waals surface area contributed by atoms with Crippen molar-refractivity contribution in [2.75, 3.05) is 0 Å². The lowest BCUT2D eigenvalue weighted by atomic mass is 10.1. The summed E-state index contributed by atoms with van der Waals surface area (Å²) < 4.78 is 6.89. The van der Waals surface area contributed by atoms with Gasteiger partial charge in [-0.3, -0.25) is 0 Å². The van der Waals surface area contributed by atoms with Gasteiger partial charge in [-0.1, -0.05) is 44.2 Å². The first kappa shape index (κ1) is 16.1. The van der Waals surface area contributed by atoms with Gasteiger partial charge < -0.3 is 10.1 Å². The SMILES string of the molecule is Cc1ccc(OCc2cccc(CNC(C)C)c2)c(Br)c1. The monoisotopic (exact) mass is 347 g/mol. The lowest BCUT2D eigenvalue weighted by Crippen LogP contribution is -2.21. The molecule has 0 aromatic heterocycles. The van der Waals surface area contributed by atoms with E-state index in [1.807, 2.05) is 6.07 Å². The van der Waals surface area contributed by atoms with Crippen LogP contribution in [0.15, 0.2) is 46.9 Å². The van der Waals surface area contributed by atoms with Gasteiger partial charge in [-0.25, -0.2) is 0 Å². The Morgan fingerprint density at radius 2 is 1.86 bits per heavy atom. The van der Waals surface area contributed by atoms with Crippen LogP contribution in [0.3, 0.4) is 0 Å². The molecule has 21 heavy (non-hydrogen) atoms. The first-order valence-electron chi connectivity index (χ1n) is 7.25. The molecule has 0 aliphatic rings. The van der Waals surface area contributed by atoms with Gasteiger partial charge in [-0.2, -0.15) is 0 Å². The molecule has 0 bridgehead atoms. The zero-order valence-corrected chi connectivity index (χ0v) is 14.4. The average Bonchev–Trinajstić information content (AvgIpc) is 2.45. The van der Waals surface area contributed by atoms with E-state index in [0.717, 1.165) is 16.8 Å². The second-order valence-electron chi connectivity index (χ2n) is 5.58. The summed E-state index contributed by atoms with van der Waals surface area (Å²) in [6, 6.07) is 15.1. The molecule has 2 nitrogen and oxygen atoms in total. The highest BCUT2D eigenvalue weighted by Gasteiger charge is 2.03. The van der Waals surface area contributed by atoms with Crippen LogP contribution in [0, 0.1) is 6.92 Å². The Morgan fingerprint density at radius 1 is 1.10 bits per heavy atom. The Kier molecular flexibility index (Phi) is 5.83. The largest absolute Gasteiger partial charge is 0.488 e. The number of benzene rings is 2. The molecule has 0 heterocycles. The van der Waals surface area contributed by atoms with Crippen LogP contribution in [0.1, 0.15) is 30.5 Å². The fourth-order valence-corrected chi connectivity index (χ4v) is 2.64. The quantitative estimate of drug-likeness (QED) is 0.807. The van der Waals surface area contributed by atoms with Crippen molar-refractivity contribution in [1.29, 1.82) is 0 Å². The molecule has 0 amide bonds. The maximum Gasteiger partial charge on any atom is 0.134 e. The molecule has 0 aliphatic heterocycles. The number of hydrogen-bond acceptors (Lipinski definition) is 2. The van der Waals surface area contributed by atoms with Crippen LogP contribution in [0.2, 0.25) is 0 Å². The lowest BCUT2D eigenvalue weighted by molar-refractivity contribution is 0.304. The second kappa shape index (κ2) is 7.62. The Labute approximate surface area is 135 Å². The summed E-state index contributed by atoms with van der Waals surface area (Å²) in [4.78, 5) is 0. The van der Waals surface area contributed by atoms with E-state index in [2.05, 4.69) is 78.4 Å². The highest BCUT2D eigenvalue weighted by atomic mass is 79.9. The highest BCUT2D eigenvalue weighted by Crippen LogP contribution is 2.26. The van der Waals surface area contributed by atoms with Gasteiger partial charge in [0.15, 0.2) is 0 Å². The minimum Gasteiger partial charge on any atom is -0.488 e. The molecule has 0 fully saturated rings. The topological polar surface area (TPSA) is 21.3 Å². The van der Waals surface area contributed by atoms with Crippen LogP contribution in [0.25, 0.3) is 0 Å². The van der Waals surface area contributed by atoms with Crippen LogP contribution < -0.4 is 10.1 Å². The fraction of sp³-hybridized carbons (Fsp3) is 0.333. The van der Waals surface area contributed by atoms with Crippen LogP contribution in [0.5, 0.6) is 5.75 Å². The summed E-state index contributed by atoms with van der Waals surface area (Å²) in [5.74, 6) is 0.881. The summed E-state index contributed by atoms with van der Waals surface area (Å²) >= 11 is 3.54. The minimum atomic E-state index is 0.494. The fourth-order valence-electron chi connectivity index (χ4n) is 2.04. The van der Waals surface area contributed by atoms with Gasteiger partial charge in [0, 0.05) is 12.6 Å². The Bertz CT molecular complexity index is 596. The maximum atomic E-state index is 5.89. The zero-order valence-electron chi connectivity index (χ0n) is 12.8. The third-order valence-electron chi connectivity index (χ3n) is 3.19. The molecule has 0 radical (unpaired) electrons. The number of nitrogens with one attached hydrogen (secondary N) is 1. The molecule has 0 unspecified atom stereocenters. The van der Waals surface area contributed by atoms with Gasteiger partial charge in [0.2, 0.25) is 0 Å². The first-order valence-corrected chi connectivity index (χ1v) is 8.04. The molecule has 2 aromatic rings. The van der Waals surface area contributed by atoms with Gasteiger partial charge in [0.1, 0.15) is 12.4 Å². The van der Waals surface area contributed by atoms with Gasteiger partial charge in [0.25, 0.3) is 0 Å². The minimum absolute atomic E-state index is 0.494. The molecule has 0 spiro atoms. The average molecular weight is 348 g/mol. The molecule has 0 atom stereocenters. The first-order chi connectivity index (χ1) is 10.0. The lowest BCUT2D eigenvalue weighted by Gasteiger charge is -2.11. The van der Waals surface area contributed by atoms with Crippen molar-refractivity contribution in [3.8, 4) is 5.75 Å². The summed E-state index contributed by atoms with van der Waals surface area (Å²) in [6.45, 7) is 7.85. The van der Waals surface area contributed by atoms with Crippen molar-refractivity contribution in [2.24, 2.45) is 0 Å². The molecule has 2 aromatic carbocycles. The molecule has 0 saturated heterocycles. The summed E-state index contributed by atoms with van der Waals surface area (Å²) in [5.41, 5.74) is 3.69. The second-order valence-corrected chi connectivity index (χ2v) is 6.43. The van der Waals surface area contributed by atoms with Gasteiger partial charge >= 0.3 is 0 Å². The van der Waals surface area contributed by atoms with E-state index in [1.54, 1.807) is 0 Å². The van der Waals surface area contributed by atoms with Gasteiger partial charge in [0.05, 0.1) is 4.47 Å². The van der Waals surface area contributed by atoms with Crippen LogP contribution in [-0.2, 0) is 13.2 Å². The van der Waals surface area contributed by atoms with E-state index in [1.165, 1.54) is 16.7 Å². The Morgan fingerprint density at radius 3 is 2.57 bits per heavy atom. The number of hydrogen-bond donors (Lipinski definition) is 1. The molecule has 3 heteroatoms. The van der Waals surface area contributed by atoms with Crippen molar-refractivity contribution in [3.05, 3.63) is 63.6 Å². The Hall–Kier alpha value is -1.32. The third-order valence-corrected chi connectivity index (χ3v) is 3.81. The van der Waals surface area contributed by atoms with Crippen molar-refractivity contribution in [3.63, 3.8) is 0 Å². The van der Waals surface area contributed by atoms with Crippen molar-refractivity contribution in [2.45, 2.75) is 40.0 Å². The van der Waals surface area contributed by atoms with Crippen LogP contribution >= 0.6 is 15.9 Å². The Balaban J connectivity index is 1.98. The molecule has 2 rings (SSSR count). The maximum absolute atomic E-state index is 5.89. The zero-order chi connectivity index (χ0) is 15.2. The van der Waals surface area contributed by atoms with E-state index in [9.17, 15) is 0 Å². The molecule has 1 N–H and O–H groups in total. The van der Waals surface area contributed by atoms with Gasteiger partial charge in [-0.05, 0) is 51.7 Å². The summed E-state index contributed by atoms with van der Waals surface area (Å²) in [6.07, 6.45) is 0. The van der Waals surface area contributed by atoms with Crippen LogP contribution in [-0.4, -0.2) is 6.04 Å². The number of rotatable bonds is 6. The molecular weight excluding hydrogens is 326 g/mol. The van der Waals surface area contributed by atoms with Gasteiger partial charge in [-0.15, -0.1) is 0 Å².